The normalized spacial score (nSPS) is 12.8. The van der Waals surface area contributed by atoms with Gasteiger partial charge in [-0.25, -0.2) is 0 Å². The molecule has 0 fully saturated rings. The van der Waals surface area contributed by atoms with Crippen molar-refractivity contribution in [1.29, 1.82) is 0 Å². The maximum Gasteiger partial charge on any atom is 0.310 e. The number of ether oxygens (including phenoxy) is 3. The third kappa shape index (κ3) is 53.2. The van der Waals surface area contributed by atoms with Gasteiger partial charge in [-0.3, -0.25) is 14.4 Å². The van der Waals surface area contributed by atoms with Gasteiger partial charge in [-0.05, 0) is 103 Å². The summed E-state index contributed by atoms with van der Waals surface area (Å²) in [6, 6.07) is 0. The summed E-state index contributed by atoms with van der Waals surface area (Å²) >= 11 is 0. The molecule has 67 heavy (non-hydrogen) atoms. The van der Waals surface area contributed by atoms with Crippen LogP contribution in [-0.4, -0.2) is 37.2 Å². The van der Waals surface area contributed by atoms with Crippen molar-refractivity contribution in [2.45, 2.75) is 258 Å². The predicted molar refractivity (Wildman–Crippen MR) is 288 cm³/mol. The van der Waals surface area contributed by atoms with Crippen molar-refractivity contribution in [2.75, 3.05) is 13.2 Å². The number of hydrogen-bond donors (Lipinski definition) is 0. The summed E-state index contributed by atoms with van der Waals surface area (Å²) in [7, 11) is 0. The first-order chi connectivity index (χ1) is 33.0. The lowest BCUT2D eigenvalue weighted by Gasteiger charge is -2.18. The van der Waals surface area contributed by atoms with Gasteiger partial charge in [0.15, 0.2) is 6.10 Å². The third-order valence-corrected chi connectivity index (χ3v) is 11.6. The number of carbonyl (C=O) groups excluding carboxylic acids is 3. The fourth-order valence-electron chi connectivity index (χ4n) is 7.42. The topological polar surface area (TPSA) is 78.9 Å². The van der Waals surface area contributed by atoms with Gasteiger partial charge < -0.3 is 14.2 Å². The average Bonchev–Trinajstić information content (AvgIpc) is 3.33. The second kappa shape index (κ2) is 54.9. The minimum Gasteiger partial charge on any atom is -0.462 e. The Labute approximate surface area is 413 Å². The Kier molecular flexibility index (Phi) is 51.9. The fourth-order valence-corrected chi connectivity index (χ4v) is 7.42. The molecule has 1 unspecified atom stereocenters. The lowest BCUT2D eigenvalue weighted by Crippen LogP contribution is -2.30. The zero-order valence-corrected chi connectivity index (χ0v) is 43.6. The molecule has 0 aromatic carbocycles. The van der Waals surface area contributed by atoms with Crippen LogP contribution in [-0.2, 0) is 28.6 Å². The molecule has 0 spiro atoms. The first kappa shape index (κ1) is 63.3. The molecule has 0 bridgehead atoms. The van der Waals surface area contributed by atoms with E-state index in [4.69, 9.17) is 14.2 Å². The van der Waals surface area contributed by atoms with Crippen LogP contribution in [0.5, 0.6) is 0 Å². The van der Waals surface area contributed by atoms with E-state index in [2.05, 4.69) is 106 Å². The Morgan fingerprint density at radius 2 is 0.627 bits per heavy atom. The predicted octanol–water partition coefficient (Wildman–Crippen LogP) is 18.5. The summed E-state index contributed by atoms with van der Waals surface area (Å²) in [5, 5.41) is 0. The highest BCUT2D eigenvalue weighted by molar-refractivity contribution is 5.72. The monoisotopic (exact) mass is 931 g/mol. The van der Waals surface area contributed by atoms with Crippen molar-refractivity contribution in [3.05, 3.63) is 97.2 Å². The molecular formula is C61H102O6. The molecule has 0 saturated carbocycles. The van der Waals surface area contributed by atoms with Crippen LogP contribution >= 0.6 is 0 Å². The number of hydrogen-bond acceptors (Lipinski definition) is 6. The van der Waals surface area contributed by atoms with E-state index in [1.807, 2.05) is 6.08 Å². The molecule has 0 radical (unpaired) electrons. The second-order valence-corrected chi connectivity index (χ2v) is 18.1. The van der Waals surface area contributed by atoms with E-state index in [1.54, 1.807) is 6.08 Å². The molecule has 0 aliphatic carbocycles. The lowest BCUT2D eigenvalue weighted by atomic mass is 10.1. The molecule has 382 valence electrons. The van der Waals surface area contributed by atoms with Crippen LogP contribution in [0.25, 0.3) is 0 Å². The summed E-state index contributed by atoms with van der Waals surface area (Å²) in [6.45, 7) is 6.40. The Morgan fingerprint density at radius 1 is 0.328 bits per heavy atom. The van der Waals surface area contributed by atoms with Gasteiger partial charge in [0.05, 0.1) is 6.42 Å². The Morgan fingerprint density at radius 3 is 1.03 bits per heavy atom. The Balaban J connectivity index is 4.49. The van der Waals surface area contributed by atoms with Crippen LogP contribution in [0.2, 0.25) is 0 Å². The van der Waals surface area contributed by atoms with Crippen LogP contribution in [0, 0.1) is 0 Å². The summed E-state index contributed by atoms with van der Waals surface area (Å²) in [4.78, 5) is 38.0. The molecule has 0 saturated heterocycles. The molecule has 0 aromatic heterocycles. The minimum absolute atomic E-state index is 0.0918. The van der Waals surface area contributed by atoms with E-state index in [-0.39, 0.29) is 31.6 Å². The van der Waals surface area contributed by atoms with Crippen LogP contribution in [0.15, 0.2) is 97.2 Å². The van der Waals surface area contributed by atoms with Crippen LogP contribution in [0.3, 0.4) is 0 Å². The van der Waals surface area contributed by atoms with Crippen molar-refractivity contribution in [3.8, 4) is 0 Å². The molecule has 6 nitrogen and oxygen atoms in total. The van der Waals surface area contributed by atoms with Crippen LogP contribution in [0.4, 0.5) is 0 Å². The smallest absolute Gasteiger partial charge is 0.310 e. The zero-order chi connectivity index (χ0) is 48.6. The second-order valence-electron chi connectivity index (χ2n) is 18.1. The quantitative estimate of drug-likeness (QED) is 0.0262. The molecule has 0 rings (SSSR count). The lowest BCUT2D eigenvalue weighted by molar-refractivity contribution is -0.166. The molecular weight excluding hydrogens is 829 g/mol. The van der Waals surface area contributed by atoms with Gasteiger partial charge >= 0.3 is 17.9 Å². The van der Waals surface area contributed by atoms with Gasteiger partial charge in [-0.1, -0.05) is 227 Å². The van der Waals surface area contributed by atoms with Crippen molar-refractivity contribution in [2.24, 2.45) is 0 Å². The number of unbranched alkanes of at least 4 members (excludes halogenated alkanes) is 23. The van der Waals surface area contributed by atoms with E-state index in [0.29, 0.717) is 12.8 Å². The van der Waals surface area contributed by atoms with Crippen molar-refractivity contribution in [3.63, 3.8) is 0 Å². The average molecular weight is 931 g/mol. The first-order valence-electron chi connectivity index (χ1n) is 27.7. The van der Waals surface area contributed by atoms with Crippen LogP contribution < -0.4 is 0 Å². The Hall–Kier alpha value is -3.67. The van der Waals surface area contributed by atoms with Crippen molar-refractivity contribution in [1.82, 2.24) is 0 Å². The zero-order valence-electron chi connectivity index (χ0n) is 43.6. The van der Waals surface area contributed by atoms with Gasteiger partial charge in [-0.15, -0.1) is 0 Å². The standard InChI is InChI=1S/C61H102O6/c1-4-7-10-13-16-19-22-25-28-29-30-31-34-36-39-42-45-48-51-54-60(63)66-57-58(67-61(64)55-52-49-46-43-40-37-33-27-24-21-18-15-12-9-6-3)56-65-59(62)53-50-47-44-41-38-35-32-26-23-20-17-14-11-8-5-2/h9,12,17-18,20-21,25-28,32-33,40,43,49,52,58H,4-8,10-11,13-16,19,22-24,29-31,34-39,41-42,44-48,50-51,53-57H2,1-3H3/b12-9-,20-17-,21-18-,28-25-,32-26-,33-27-,43-40-,52-49-. The van der Waals surface area contributed by atoms with Gasteiger partial charge in [0.1, 0.15) is 13.2 Å². The molecule has 6 heteroatoms. The molecule has 0 aliphatic rings. The van der Waals surface area contributed by atoms with Gasteiger partial charge in [0, 0.05) is 12.8 Å². The van der Waals surface area contributed by atoms with Gasteiger partial charge in [0.2, 0.25) is 0 Å². The first-order valence-corrected chi connectivity index (χ1v) is 27.7. The summed E-state index contributed by atoms with van der Waals surface area (Å²) < 4.78 is 16.7. The highest BCUT2D eigenvalue weighted by Gasteiger charge is 2.19. The fraction of sp³-hybridized carbons (Fsp3) is 0.689. The molecule has 0 N–H and O–H groups in total. The van der Waals surface area contributed by atoms with E-state index in [1.165, 1.54) is 116 Å². The molecule has 0 amide bonds. The van der Waals surface area contributed by atoms with Crippen LogP contribution in [0.1, 0.15) is 252 Å². The minimum atomic E-state index is -0.839. The summed E-state index contributed by atoms with van der Waals surface area (Å²) in [5.74, 6) is -1.07. The number of allylic oxidation sites excluding steroid dienone is 15. The summed E-state index contributed by atoms with van der Waals surface area (Å²) in [5.41, 5.74) is 0. The van der Waals surface area contributed by atoms with Crippen molar-refractivity contribution >= 4 is 17.9 Å². The number of carbonyl (C=O) groups is 3. The molecule has 0 aliphatic heterocycles. The van der Waals surface area contributed by atoms with E-state index in [0.717, 1.165) is 96.3 Å². The van der Waals surface area contributed by atoms with E-state index in [9.17, 15) is 14.4 Å². The Bertz CT molecular complexity index is 1350. The summed E-state index contributed by atoms with van der Waals surface area (Å²) in [6.07, 6.45) is 72.8. The highest BCUT2D eigenvalue weighted by atomic mass is 16.6. The highest BCUT2D eigenvalue weighted by Crippen LogP contribution is 2.14. The molecule has 1 atom stereocenters. The van der Waals surface area contributed by atoms with E-state index >= 15 is 0 Å². The molecule has 0 heterocycles. The maximum absolute atomic E-state index is 12.8. The third-order valence-electron chi connectivity index (χ3n) is 11.6. The number of rotatable bonds is 49. The number of esters is 3. The van der Waals surface area contributed by atoms with Gasteiger partial charge in [0.25, 0.3) is 0 Å². The largest absolute Gasteiger partial charge is 0.462 e. The SMILES string of the molecule is CC/C=C\C/C=C\C/C=C\C/C=C\C/C=C\CC(=O)OC(COC(=O)CCCCCCC/C=C\C/C=C\CCCCC)COC(=O)CCCCCCCCCCC/C=C\CCCCCCCC. The maximum atomic E-state index is 12.8. The van der Waals surface area contributed by atoms with Crippen molar-refractivity contribution < 1.29 is 28.6 Å². The van der Waals surface area contributed by atoms with Gasteiger partial charge in [-0.2, -0.15) is 0 Å². The molecule has 0 aromatic rings. The van der Waals surface area contributed by atoms with E-state index < -0.39 is 12.1 Å².